The average Bonchev–Trinajstić information content (AvgIpc) is 2.45. The van der Waals surface area contributed by atoms with E-state index in [-0.39, 0.29) is 12.0 Å². The van der Waals surface area contributed by atoms with E-state index in [2.05, 4.69) is 4.74 Å². The average molecular weight is 305 g/mol. The summed E-state index contributed by atoms with van der Waals surface area (Å²) in [7, 11) is 2.32. The van der Waals surface area contributed by atoms with Gasteiger partial charge >= 0.3 is 12.1 Å². The maximum atomic E-state index is 13.3. The van der Waals surface area contributed by atoms with Crippen molar-refractivity contribution in [3.63, 3.8) is 0 Å². The Bertz CT molecular complexity index is 487. The van der Waals surface area contributed by atoms with Gasteiger partial charge in [0.05, 0.1) is 14.2 Å². The standard InChI is InChI=1S/C13H14F3NO4/c1-20-9-5-3-8(4-6-9)10(13(14,15)16)11(17-7-18)12(19)21-2/h3-7,10-11H,1-2H3,(H,17,18)/t10-,11-/m1/s1. The van der Waals surface area contributed by atoms with Crippen LogP contribution in [0.1, 0.15) is 11.5 Å². The first kappa shape index (κ1) is 16.8. The lowest BCUT2D eigenvalue weighted by Crippen LogP contribution is -2.47. The van der Waals surface area contributed by atoms with E-state index in [1.807, 2.05) is 5.32 Å². The van der Waals surface area contributed by atoms with Crippen molar-refractivity contribution in [3.8, 4) is 5.75 Å². The molecule has 8 heteroatoms. The van der Waals surface area contributed by atoms with E-state index >= 15 is 0 Å². The maximum Gasteiger partial charge on any atom is 0.398 e. The number of amides is 1. The smallest absolute Gasteiger partial charge is 0.398 e. The molecule has 5 nitrogen and oxygen atoms in total. The molecule has 0 aliphatic rings. The van der Waals surface area contributed by atoms with E-state index in [4.69, 9.17) is 4.74 Å². The topological polar surface area (TPSA) is 64.6 Å². The van der Waals surface area contributed by atoms with Gasteiger partial charge in [-0.25, -0.2) is 4.79 Å². The maximum absolute atomic E-state index is 13.3. The molecule has 0 saturated heterocycles. The van der Waals surface area contributed by atoms with E-state index in [0.717, 1.165) is 7.11 Å². The molecule has 116 valence electrons. The number of methoxy groups -OCH3 is 2. The fourth-order valence-electron chi connectivity index (χ4n) is 1.88. The van der Waals surface area contributed by atoms with Crippen LogP contribution in [0.25, 0.3) is 0 Å². The van der Waals surface area contributed by atoms with E-state index in [9.17, 15) is 22.8 Å². The number of ether oxygens (including phenoxy) is 2. The third-order valence-corrected chi connectivity index (χ3v) is 2.86. The highest BCUT2D eigenvalue weighted by Gasteiger charge is 2.49. The molecule has 0 bridgehead atoms. The van der Waals surface area contributed by atoms with Crippen LogP contribution in [0.4, 0.5) is 13.2 Å². The molecule has 1 aromatic carbocycles. The van der Waals surface area contributed by atoms with Crippen molar-refractivity contribution in [2.45, 2.75) is 18.1 Å². The van der Waals surface area contributed by atoms with Crippen LogP contribution in [0.5, 0.6) is 5.75 Å². The first-order valence-electron chi connectivity index (χ1n) is 5.83. The van der Waals surface area contributed by atoms with Crippen LogP contribution >= 0.6 is 0 Å². The minimum absolute atomic E-state index is 0.0316. The van der Waals surface area contributed by atoms with Gasteiger partial charge in [-0.3, -0.25) is 4.79 Å². The summed E-state index contributed by atoms with van der Waals surface area (Å²) in [5.74, 6) is -3.03. The predicted octanol–water partition coefficient (Wildman–Crippen LogP) is 1.63. The normalized spacial score (nSPS) is 14.0. The third kappa shape index (κ3) is 4.11. The lowest BCUT2D eigenvalue weighted by Gasteiger charge is -2.27. The Balaban J connectivity index is 3.25. The van der Waals surface area contributed by atoms with Gasteiger partial charge in [0, 0.05) is 0 Å². The molecule has 21 heavy (non-hydrogen) atoms. The van der Waals surface area contributed by atoms with Gasteiger partial charge in [0.2, 0.25) is 6.41 Å². The van der Waals surface area contributed by atoms with Gasteiger partial charge in [-0.05, 0) is 17.7 Å². The fourth-order valence-corrected chi connectivity index (χ4v) is 1.88. The molecule has 1 aromatic rings. The summed E-state index contributed by atoms with van der Waals surface area (Å²) in [4.78, 5) is 22.0. The minimum atomic E-state index is -4.75. The molecule has 0 aliphatic heterocycles. The molecular formula is C13H14F3NO4. The Kier molecular flexibility index (Phi) is 5.57. The molecule has 1 amide bonds. The van der Waals surface area contributed by atoms with Crippen molar-refractivity contribution >= 4 is 12.4 Å². The monoisotopic (exact) mass is 305 g/mol. The van der Waals surface area contributed by atoms with Crippen molar-refractivity contribution < 1.29 is 32.2 Å². The van der Waals surface area contributed by atoms with Crippen LogP contribution < -0.4 is 10.1 Å². The van der Waals surface area contributed by atoms with E-state index in [1.54, 1.807) is 0 Å². The van der Waals surface area contributed by atoms with Gasteiger partial charge in [0.15, 0.2) is 0 Å². The highest BCUT2D eigenvalue weighted by atomic mass is 19.4. The summed E-state index contributed by atoms with van der Waals surface area (Å²) in [6.07, 6.45) is -4.71. The molecular weight excluding hydrogens is 291 g/mol. The molecule has 0 aliphatic carbocycles. The number of esters is 1. The van der Waals surface area contributed by atoms with Gasteiger partial charge in [-0.2, -0.15) is 13.2 Å². The first-order chi connectivity index (χ1) is 9.85. The Morgan fingerprint density at radius 1 is 1.24 bits per heavy atom. The van der Waals surface area contributed by atoms with Gasteiger partial charge in [0.25, 0.3) is 0 Å². The van der Waals surface area contributed by atoms with Crippen LogP contribution in [-0.4, -0.2) is 38.8 Å². The molecule has 2 atom stereocenters. The van der Waals surface area contributed by atoms with Gasteiger partial charge in [-0.1, -0.05) is 12.1 Å². The second-order valence-electron chi connectivity index (χ2n) is 4.08. The largest absolute Gasteiger partial charge is 0.497 e. The van der Waals surface area contributed by atoms with Crippen molar-refractivity contribution in [2.24, 2.45) is 0 Å². The number of halogens is 3. The minimum Gasteiger partial charge on any atom is -0.497 e. The highest BCUT2D eigenvalue weighted by molar-refractivity contribution is 5.79. The molecule has 1 rings (SSSR count). The summed E-state index contributed by atoms with van der Waals surface area (Å²) < 4.78 is 49.0. The zero-order chi connectivity index (χ0) is 16.0. The van der Waals surface area contributed by atoms with Crippen molar-refractivity contribution in [3.05, 3.63) is 29.8 Å². The second-order valence-corrected chi connectivity index (χ2v) is 4.08. The fraction of sp³-hybridized carbons (Fsp3) is 0.385. The van der Waals surface area contributed by atoms with Crippen molar-refractivity contribution in [1.29, 1.82) is 0 Å². The second kappa shape index (κ2) is 6.96. The lowest BCUT2D eigenvalue weighted by atomic mass is 9.90. The van der Waals surface area contributed by atoms with Crippen LogP contribution in [0.3, 0.4) is 0 Å². The number of rotatable bonds is 6. The van der Waals surface area contributed by atoms with E-state index in [1.165, 1.54) is 31.4 Å². The van der Waals surface area contributed by atoms with Crippen LogP contribution in [0.15, 0.2) is 24.3 Å². The summed E-state index contributed by atoms with van der Waals surface area (Å²) in [5.41, 5.74) is -0.187. The van der Waals surface area contributed by atoms with Crippen LogP contribution in [0, 0.1) is 0 Å². The lowest BCUT2D eigenvalue weighted by molar-refractivity contribution is -0.171. The van der Waals surface area contributed by atoms with Crippen LogP contribution in [-0.2, 0) is 14.3 Å². The van der Waals surface area contributed by atoms with Gasteiger partial charge in [-0.15, -0.1) is 0 Å². The number of carbonyl (C=O) groups is 2. The Morgan fingerprint density at radius 3 is 2.19 bits per heavy atom. The van der Waals surface area contributed by atoms with Crippen LogP contribution in [0.2, 0.25) is 0 Å². The molecule has 0 unspecified atom stereocenters. The quantitative estimate of drug-likeness (QED) is 0.641. The molecule has 0 spiro atoms. The van der Waals surface area contributed by atoms with Crippen molar-refractivity contribution in [2.75, 3.05) is 14.2 Å². The molecule has 0 fully saturated rings. The molecule has 0 heterocycles. The number of alkyl halides is 3. The number of carbonyl (C=O) groups excluding carboxylic acids is 2. The summed E-state index contributed by atoms with van der Waals surface area (Å²) in [6.45, 7) is 0. The van der Waals surface area contributed by atoms with Gasteiger partial charge in [0.1, 0.15) is 17.7 Å². The number of nitrogens with one attached hydrogen (secondary N) is 1. The predicted molar refractivity (Wildman–Crippen MR) is 66.8 cm³/mol. The van der Waals surface area contributed by atoms with E-state index in [0.29, 0.717) is 5.75 Å². The SMILES string of the molecule is COC(=O)[C@H](NC=O)[C@@H](c1ccc(OC)cc1)C(F)(F)F. The zero-order valence-corrected chi connectivity index (χ0v) is 11.3. The highest BCUT2D eigenvalue weighted by Crippen LogP contribution is 2.38. The summed E-state index contributed by atoms with van der Waals surface area (Å²) in [5, 5.41) is 1.86. The first-order valence-corrected chi connectivity index (χ1v) is 5.83. The number of benzene rings is 1. The zero-order valence-electron chi connectivity index (χ0n) is 11.3. The Labute approximate surface area is 119 Å². The van der Waals surface area contributed by atoms with Gasteiger partial charge < -0.3 is 14.8 Å². The Morgan fingerprint density at radius 2 is 1.81 bits per heavy atom. The molecule has 0 aromatic heterocycles. The summed E-state index contributed by atoms with van der Waals surface area (Å²) in [6, 6.07) is 3.17. The molecule has 0 radical (unpaired) electrons. The molecule has 0 saturated carbocycles. The molecule has 1 N–H and O–H groups in total. The Hall–Kier alpha value is -2.25. The summed E-state index contributed by atoms with van der Waals surface area (Å²) >= 11 is 0. The van der Waals surface area contributed by atoms with E-state index < -0.39 is 24.1 Å². The number of hydrogen-bond donors (Lipinski definition) is 1. The third-order valence-electron chi connectivity index (χ3n) is 2.86. The number of hydrogen-bond acceptors (Lipinski definition) is 4. The van der Waals surface area contributed by atoms with Crippen molar-refractivity contribution in [1.82, 2.24) is 5.32 Å².